The molecule has 0 saturated carbocycles. The van der Waals surface area contributed by atoms with Crippen LogP contribution in [0.5, 0.6) is 11.6 Å². The van der Waals surface area contributed by atoms with E-state index in [1.54, 1.807) is 17.8 Å². The number of fused-ring (bicyclic) bond motifs is 3. The predicted molar refractivity (Wildman–Crippen MR) is 161 cm³/mol. The minimum absolute atomic E-state index is 0.0342. The standard InChI is InChI=1S/C32H36N8O3/c1-32(2)20-43-27(14-36-32)19-42-26-9-28(31-23(10-33)13-37-40(31)18-26)22-5-6-29(34-12-22)38-16-24-8-25(17-38)39(24)15-21-4-7-30(41-3)35-11-21/h4-7,9,11-13,18,24-25,27,36H,8,14-17,19-20H2,1-3H3. The van der Waals surface area contributed by atoms with Crippen molar-refractivity contribution in [1.29, 1.82) is 5.26 Å². The SMILES string of the molecule is COc1ccc(CN2C3CC2CN(c2ccc(-c4cc(OCC5CNC(C)(C)CO5)cn5ncc(C#N)c45)cn2)C3)cn1. The van der Waals surface area contributed by atoms with Gasteiger partial charge in [-0.3, -0.25) is 4.90 Å². The Balaban J connectivity index is 1.05. The third kappa shape index (κ3) is 5.49. The summed E-state index contributed by atoms with van der Waals surface area (Å²) >= 11 is 0. The summed E-state index contributed by atoms with van der Waals surface area (Å²) in [6, 6.07) is 13.4. The Bertz CT molecular complexity index is 1620. The van der Waals surface area contributed by atoms with Crippen LogP contribution in [0.15, 0.2) is 55.1 Å². The van der Waals surface area contributed by atoms with E-state index in [1.165, 1.54) is 12.0 Å². The smallest absolute Gasteiger partial charge is 0.212 e. The van der Waals surface area contributed by atoms with Gasteiger partial charge in [0.2, 0.25) is 5.88 Å². The number of nitrogens with one attached hydrogen (secondary N) is 1. The van der Waals surface area contributed by atoms with Gasteiger partial charge in [0.05, 0.1) is 37.2 Å². The van der Waals surface area contributed by atoms with Crippen LogP contribution in [0.3, 0.4) is 0 Å². The van der Waals surface area contributed by atoms with Crippen molar-refractivity contribution >= 4 is 11.3 Å². The first-order valence-electron chi connectivity index (χ1n) is 14.8. The van der Waals surface area contributed by atoms with Crippen LogP contribution in [0.4, 0.5) is 5.82 Å². The topological polar surface area (TPSA) is 113 Å². The summed E-state index contributed by atoms with van der Waals surface area (Å²) in [7, 11) is 1.64. The molecule has 222 valence electrons. The fraction of sp³-hybridized carbons (Fsp3) is 0.438. The number of morpholine rings is 1. The number of ether oxygens (including phenoxy) is 3. The lowest BCUT2D eigenvalue weighted by atomic mass is 9.87. The van der Waals surface area contributed by atoms with Crippen molar-refractivity contribution in [2.24, 2.45) is 0 Å². The molecule has 43 heavy (non-hydrogen) atoms. The van der Waals surface area contributed by atoms with Crippen molar-refractivity contribution in [2.45, 2.75) is 50.5 Å². The molecule has 3 atom stereocenters. The van der Waals surface area contributed by atoms with Gasteiger partial charge in [0.1, 0.15) is 30.3 Å². The molecule has 4 fully saturated rings. The molecule has 11 heteroatoms. The van der Waals surface area contributed by atoms with Crippen molar-refractivity contribution in [3.63, 3.8) is 0 Å². The first kappa shape index (κ1) is 27.6. The third-order valence-corrected chi connectivity index (χ3v) is 8.73. The summed E-state index contributed by atoms with van der Waals surface area (Å²) in [5.41, 5.74) is 4.18. The van der Waals surface area contributed by atoms with Gasteiger partial charge in [0.15, 0.2) is 0 Å². The number of pyridine rings is 3. The molecule has 0 amide bonds. The zero-order valence-corrected chi connectivity index (χ0v) is 24.7. The van der Waals surface area contributed by atoms with Crippen molar-refractivity contribution in [3.05, 3.63) is 66.2 Å². The average Bonchev–Trinajstić information content (AvgIpc) is 3.46. The van der Waals surface area contributed by atoms with Gasteiger partial charge < -0.3 is 24.4 Å². The van der Waals surface area contributed by atoms with E-state index in [0.29, 0.717) is 42.5 Å². The summed E-state index contributed by atoms with van der Waals surface area (Å²) in [5.74, 6) is 2.27. The summed E-state index contributed by atoms with van der Waals surface area (Å²) in [4.78, 5) is 14.2. The number of aromatic nitrogens is 4. The van der Waals surface area contributed by atoms with Crippen LogP contribution < -0.4 is 19.7 Å². The Morgan fingerprint density at radius 2 is 1.98 bits per heavy atom. The molecule has 1 N–H and O–H groups in total. The summed E-state index contributed by atoms with van der Waals surface area (Å²) in [6.45, 7) is 8.80. The summed E-state index contributed by atoms with van der Waals surface area (Å²) < 4.78 is 19.1. The summed E-state index contributed by atoms with van der Waals surface area (Å²) in [6.07, 6.45) is 8.37. The Hall–Kier alpha value is -4.24. The maximum Gasteiger partial charge on any atom is 0.212 e. The highest BCUT2D eigenvalue weighted by atomic mass is 16.5. The molecule has 0 spiro atoms. The quantitative estimate of drug-likeness (QED) is 0.333. The second-order valence-corrected chi connectivity index (χ2v) is 12.3. The third-order valence-electron chi connectivity index (χ3n) is 8.73. The molecule has 4 saturated heterocycles. The fourth-order valence-corrected chi connectivity index (χ4v) is 6.30. The normalized spacial score (nSPS) is 23.0. The van der Waals surface area contributed by atoms with E-state index in [2.05, 4.69) is 63.3 Å². The Morgan fingerprint density at radius 3 is 2.65 bits per heavy atom. The van der Waals surface area contributed by atoms with Gasteiger partial charge in [-0.2, -0.15) is 10.4 Å². The molecule has 8 rings (SSSR count). The highest BCUT2D eigenvalue weighted by Crippen LogP contribution is 2.36. The van der Waals surface area contributed by atoms with Crippen LogP contribution in [0, 0.1) is 11.3 Å². The number of methoxy groups -OCH3 is 1. The highest BCUT2D eigenvalue weighted by Gasteiger charge is 2.44. The maximum atomic E-state index is 9.77. The summed E-state index contributed by atoms with van der Waals surface area (Å²) in [5, 5.41) is 17.7. The van der Waals surface area contributed by atoms with Gasteiger partial charge in [-0.25, -0.2) is 14.5 Å². The minimum Gasteiger partial charge on any atom is -0.489 e. The predicted octanol–water partition coefficient (Wildman–Crippen LogP) is 3.28. The molecular formula is C32H36N8O3. The Kier molecular flexibility index (Phi) is 7.13. The molecule has 8 heterocycles. The molecular weight excluding hydrogens is 544 g/mol. The van der Waals surface area contributed by atoms with Crippen molar-refractivity contribution in [1.82, 2.24) is 29.8 Å². The number of rotatable bonds is 8. The Labute approximate surface area is 251 Å². The molecule has 4 aromatic heterocycles. The molecule has 0 aliphatic carbocycles. The number of nitrogens with zero attached hydrogens (tertiary/aromatic N) is 7. The second kappa shape index (κ2) is 11.1. The molecule has 0 aromatic carbocycles. The lowest BCUT2D eigenvalue weighted by Gasteiger charge is -2.56. The first-order valence-corrected chi connectivity index (χ1v) is 14.8. The molecule has 11 nitrogen and oxygen atoms in total. The van der Waals surface area contributed by atoms with Crippen LogP contribution in [-0.2, 0) is 11.3 Å². The lowest BCUT2D eigenvalue weighted by molar-refractivity contribution is -0.0412. The zero-order valence-electron chi connectivity index (χ0n) is 24.7. The van der Waals surface area contributed by atoms with Crippen molar-refractivity contribution in [3.8, 4) is 28.8 Å². The molecule has 4 aliphatic rings. The van der Waals surface area contributed by atoms with Crippen LogP contribution >= 0.6 is 0 Å². The van der Waals surface area contributed by atoms with Crippen LogP contribution in [0.2, 0.25) is 0 Å². The lowest BCUT2D eigenvalue weighted by Crippen LogP contribution is -2.68. The minimum atomic E-state index is -0.0417. The first-order chi connectivity index (χ1) is 20.9. The molecule has 2 bridgehead atoms. The zero-order chi connectivity index (χ0) is 29.6. The number of piperidine rings is 1. The van der Waals surface area contributed by atoms with E-state index in [1.807, 2.05) is 30.7 Å². The molecule has 0 radical (unpaired) electrons. The van der Waals surface area contributed by atoms with Crippen LogP contribution in [-0.4, -0.2) is 88.2 Å². The van der Waals surface area contributed by atoms with Gasteiger partial charge in [0, 0.05) is 73.4 Å². The van der Waals surface area contributed by atoms with Crippen LogP contribution in [0.25, 0.3) is 16.6 Å². The van der Waals surface area contributed by atoms with Crippen molar-refractivity contribution < 1.29 is 14.2 Å². The second-order valence-electron chi connectivity index (χ2n) is 12.3. The number of hydrogen-bond acceptors (Lipinski definition) is 10. The van der Waals surface area contributed by atoms with Gasteiger partial charge in [0.25, 0.3) is 0 Å². The number of hydrogen-bond donors (Lipinski definition) is 1. The van der Waals surface area contributed by atoms with E-state index in [0.717, 1.165) is 48.6 Å². The number of nitriles is 1. The molecule has 4 aliphatic heterocycles. The number of anilines is 1. The van der Waals surface area contributed by atoms with Gasteiger partial charge in [-0.05, 0) is 44.0 Å². The maximum absolute atomic E-state index is 9.77. The van der Waals surface area contributed by atoms with Gasteiger partial charge in [-0.1, -0.05) is 6.07 Å². The largest absolute Gasteiger partial charge is 0.489 e. The number of piperazine rings is 1. The van der Waals surface area contributed by atoms with E-state index in [4.69, 9.17) is 19.2 Å². The van der Waals surface area contributed by atoms with E-state index < -0.39 is 0 Å². The van der Waals surface area contributed by atoms with Gasteiger partial charge >= 0.3 is 0 Å². The van der Waals surface area contributed by atoms with Crippen LogP contribution in [0.1, 0.15) is 31.4 Å². The highest BCUT2D eigenvalue weighted by molar-refractivity contribution is 5.85. The van der Waals surface area contributed by atoms with E-state index in [-0.39, 0.29) is 11.6 Å². The monoisotopic (exact) mass is 580 g/mol. The molecule has 3 unspecified atom stereocenters. The van der Waals surface area contributed by atoms with E-state index in [9.17, 15) is 5.26 Å². The molecule has 4 aromatic rings. The van der Waals surface area contributed by atoms with Crippen molar-refractivity contribution in [2.75, 3.05) is 44.9 Å². The van der Waals surface area contributed by atoms with E-state index >= 15 is 0 Å². The fourth-order valence-electron chi connectivity index (χ4n) is 6.30. The Morgan fingerprint density at radius 1 is 1.12 bits per heavy atom. The van der Waals surface area contributed by atoms with Gasteiger partial charge in [-0.15, -0.1) is 0 Å². The average molecular weight is 581 g/mol.